The Hall–Kier alpha value is -2.56. The summed E-state index contributed by atoms with van der Waals surface area (Å²) in [5.41, 5.74) is 1.04. The molecule has 3 aliphatic rings. The third kappa shape index (κ3) is 3.83. The average molecular weight is 408 g/mol. The molecule has 156 valence electrons. The molecule has 0 aromatic carbocycles. The zero-order valence-corrected chi connectivity index (χ0v) is 15.9. The molecular weight excluding hydrogens is 385 g/mol. The lowest BCUT2D eigenvalue weighted by Gasteiger charge is -2.30. The maximum atomic E-state index is 15.3. The molecule has 1 aliphatic carbocycles. The predicted octanol–water partition coefficient (Wildman–Crippen LogP) is 2.21. The summed E-state index contributed by atoms with van der Waals surface area (Å²) >= 11 is 0. The summed E-state index contributed by atoms with van der Waals surface area (Å²) in [6, 6.07) is 1.89. The van der Waals surface area contributed by atoms with Gasteiger partial charge in [0.2, 0.25) is 11.8 Å². The van der Waals surface area contributed by atoms with Gasteiger partial charge in [-0.2, -0.15) is 19.5 Å². The molecule has 0 bridgehead atoms. The molecule has 2 aromatic rings. The Balaban J connectivity index is 1.48. The van der Waals surface area contributed by atoms with Gasteiger partial charge in [-0.1, -0.05) is 0 Å². The fourth-order valence-corrected chi connectivity index (χ4v) is 3.81. The van der Waals surface area contributed by atoms with Gasteiger partial charge in [-0.15, -0.1) is 0 Å². The quantitative estimate of drug-likeness (QED) is 0.700. The van der Waals surface area contributed by atoms with Crippen molar-refractivity contribution < 1.29 is 13.2 Å². The molecule has 11 heteroatoms. The maximum absolute atomic E-state index is 15.3. The van der Waals surface area contributed by atoms with Crippen LogP contribution in [0, 0.1) is 5.82 Å². The van der Waals surface area contributed by atoms with Crippen molar-refractivity contribution in [3.63, 3.8) is 0 Å². The Morgan fingerprint density at radius 1 is 1.07 bits per heavy atom. The van der Waals surface area contributed by atoms with E-state index < -0.39 is 18.3 Å². The first-order valence-electron chi connectivity index (χ1n) is 9.97. The largest absolute Gasteiger partial charge is 0.351 e. The van der Waals surface area contributed by atoms with Crippen LogP contribution in [0.15, 0.2) is 6.07 Å². The van der Waals surface area contributed by atoms with Crippen LogP contribution in [-0.2, 0) is 0 Å². The molecule has 4 heterocycles. The van der Waals surface area contributed by atoms with Gasteiger partial charge in [0.25, 0.3) is 5.92 Å². The van der Waals surface area contributed by atoms with Crippen LogP contribution in [0.5, 0.6) is 0 Å². The number of H-pyrrole nitrogens is 1. The highest BCUT2D eigenvalue weighted by molar-refractivity contribution is 5.60. The van der Waals surface area contributed by atoms with Crippen LogP contribution in [0.4, 0.5) is 36.6 Å². The van der Waals surface area contributed by atoms with Gasteiger partial charge in [0.15, 0.2) is 17.5 Å². The summed E-state index contributed by atoms with van der Waals surface area (Å²) < 4.78 is 42.8. The molecule has 1 saturated carbocycles. The number of piperazine rings is 1. The molecule has 3 fully saturated rings. The minimum Gasteiger partial charge on any atom is -0.351 e. The van der Waals surface area contributed by atoms with Crippen LogP contribution >= 0.6 is 0 Å². The second-order valence-electron chi connectivity index (χ2n) is 7.88. The number of rotatable bonds is 5. The first-order chi connectivity index (χ1) is 14.0. The number of aromatic amines is 1. The third-order valence-corrected chi connectivity index (χ3v) is 5.56. The summed E-state index contributed by atoms with van der Waals surface area (Å²) in [5.74, 6) is -2.27. The number of anilines is 4. The number of hydrogen-bond acceptors (Lipinski definition) is 7. The Labute approximate surface area is 165 Å². The lowest BCUT2D eigenvalue weighted by Crippen LogP contribution is -2.44. The van der Waals surface area contributed by atoms with Crippen molar-refractivity contribution in [2.75, 3.05) is 54.4 Å². The van der Waals surface area contributed by atoms with E-state index in [0.717, 1.165) is 18.5 Å². The van der Waals surface area contributed by atoms with Crippen LogP contribution in [0.2, 0.25) is 0 Å². The molecule has 2 aromatic heterocycles. The third-order valence-electron chi connectivity index (χ3n) is 5.56. The van der Waals surface area contributed by atoms with E-state index >= 15 is 4.39 Å². The topological polar surface area (TPSA) is 85.0 Å². The molecule has 29 heavy (non-hydrogen) atoms. The minimum absolute atomic E-state index is 0.0512. The lowest BCUT2D eigenvalue weighted by molar-refractivity contribution is 0.0256. The summed E-state index contributed by atoms with van der Waals surface area (Å²) in [6.45, 7) is 2.07. The predicted molar refractivity (Wildman–Crippen MR) is 103 cm³/mol. The fourth-order valence-electron chi connectivity index (χ4n) is 3.81. The van der Waals surface area contributed by atoms with E-state index in [4.69, 9.17) is 0 Å². The highest BCUT2D eigenvalue weighted by Gasteiger charge is 2.40. The van der Waals surface area contributed by atoms with Crippen LogP contribution in [-0.4, -0.2) is 65.4 Å². The average Bonchev–Trinajstić information content (AvgIpc) is 3.35. The van der Waals surface area contributed by atoms with Gasteiger partial charge < -0.3 is 20.4 Å². The molecule has 8 nitrogen and oxygen atoms in total. The van der Waals surface area contributed by atoms with Crippen LogP contribution in [0.25, 0.3) is 0 Å². The van der Waals surface area contributed by atoms with Crippen molar-refractivity contribution in [3.8, 4) is 0 Å². The second kappa shape index (κ2) is 7.05. The van der Waals surface area contributed by atoms with Gasteiger partial charge in [-0.25, -0.2) is 8.78 Å². The van der Waals surface area contributed by atoms with E-state index in [2.05, 4.69) is 30.8 Å². The zero-order chi connectivity index (χ0) is 20.0. The van der Waals surface area contributed by atoms with Gasteiger partial charge in [0.1, 0.15) is 0 Å². The standard InChI is InChI=1S/C18H23F3N8/c19-14-15(28-7-4-22-5-8-28)24-17(23-13-9-12(26-27-13)11-1-2-11)25-16(14)29-6-3-18(20,21)10-29/h9,11,22H,1-8,10H2,(H2,23,24,25,26,27). The number of hydrogen-bond donors (Lipinski definition) is 3. The van der Waals surface area contributed by atoms with Crippen molar-refractivity contribution in [1.82, 2.24) is 25.5 Å². The normalized spacial score (nSPS) is 21.6. The SMILES string of the molecule is Fc1c(N2CCNCC2)nc(Nc2cc(C3CC3)[nH]n2)nc1N1CCC(F)(F)C1. The summed E-state index contributed by atoms with van der Waals surface area (Å²) in [4.78, 5) is 11.7. The number of aromatic nitrogens is 4. The number of nitrogens with zero attached hydrogens (tertiary/aromatic N) is 5. The van der Waals surface area contributed by atoms with Gasteiger partial charge in [0.05, 0.1) is 6.54 Å². The van der Waals surface area contributed by atoms with Crippen LogP contribution in [0.1, 0.15) is 30.9 Å². The van der Waals surface area contributed by atoms with E-state index in [9.17, 15) is 8.78 Å². The molecular formula is C18H23F3N8. The first kappa shape index (κ1) is 18.5. The molecule has 0 radical (unpaired) electrons. The monoisotopic (exact) mass is 408 g/mol. The number of alkyl halides is 2. The van der Waals surface area contributed by atoms with Crippen molar-refractivity contribution in [2.45, 2.75) is 31.1 Å². The Kier molecular flexibility index (Phi) is 4.49. The van der Waals surface area contributed by atoms with E-state index in [1.54, 1.807) is 0 Å². The number of halogens is 3. The molecule has 2 saturated heterocycles. The fraction of sp³-hybridized carbons (Fsp3) is 0.611. The van der Waals surface area contributed by atoms with Crippen molar-refractivity contribution >= 4 is 23.4 Å². The molecule has 0 spiro atoms. The van der Waals surface area contributed by atoms with Gasteiger partial charge in [-0.05, 0) is 12.8 Å². The van der Waals surface area contributed by atoms with Crippen molar-refractivity contribution in [2.24, 2.45) is 0 Å². The van der Waals surface area contributed by atoms with Crippen molar-refractivity contribution in [3.05, 3.63) is 17.6 Å². The summed E-state index contributed by atoms with van der Waals surface area (Å²) in [6.07, 6.45) is 1.95. The van der Waals surface area contributed by atoms with Crippen LogP contribution in [0.3, 0.4) is 0 Å². The lowest BCUT2D eigenvalue weighted by atomic mass is 10.3. The smallest absolute Gasteiger partial charge is 0.266 e. The molecule has 0 atom stereocenters. The summed E-state index contributed by atoms with van der Waals surface area (Å²) in [7, 11) is 0. The van der Waals surface area contributed by atoms with E-state index in [-0.39, 0.29) is 30.5 Å². The van der Waals surface area contributed by atoms with Gasteiger partial charge in [0, 0.05) is 56.8 Å². The van der Waals surface area contributed by atoms with Gasteiger partial charge in [-0.3, -0.25) is 5.10 Å². The number of nitrogens with one attached hydrogen (secondary N) is 3. The molecule has 2 aliphatic heterocycles. The Morgan fingerprint density at radius 3 is 2.45 bits per heavy atom. The van der Waals surface area contributed by atoms with Gasteiger partial charge >= 0.3 is 0 Å². The highest BCUT2D eigenvalue weighted by Crippen LogP contribution is 2.40. The molecule has 0 amide bonds. The summed E-state index contributed by atoms with van der Waals surface area (Å²) in [5, 5.41) is 13.4. The minimum atomic E-state index is -2.85. The molecule has 0 unspecified atom stereocenters. The Morgan fingerprint density at radius 2 is 1.79 bits per heavy atom. The maximum Gasteiger partial charge on any atom is 0.266 e. The molecule has 5 rings (SSSR count). The van der Waals surface area contributed by atoms with E-state index in [1.165, 1.54) is 4.90 Å². The zero-order valence-electron chi connectivity index (χ0n) is 15.9. The highest BCUT2D eigenvalue weighted by atomic mass is 19.3. The Bertz CT molecular complexity index is 891. The van der Waals surface area contributed by atoms with Crippen molar-refractivity contribution in [1.29, 1.82) is 0 Å². The van der Waals surface area contributed by atoms with E-state index in [1.807, 2.05) is 11.0 Å². The second-order valence-corrected chi connectivity index (χ2v) is 7.88. The first-order valence-corrected chi connectivity index (χ1v) is 9.97. The van der Waals surface area contributed by atoms with E-state index in [0.29, 0.717) is 37.9 Å². The molecule has 3 N–H and O–H groups in total. The van der Waals surface area contributed by atoms with Crippen LogP contribution < -0.4 is 20.4 Å².